The van der Waals surface area contributed by atoms with Crippen LogP contribution in [-0.4, -0.2) is 39.8 Å². The predicted molar refractivity (Wildman–Crippen MR) is 119 cm³/mol. The van der Waals surface area contributed by atoms with Crippen LogP contribution < -0.4 is 5.32 Å². The van der Waals surface area contributed by atoms with Gasteiger partial charge in [-0.25, -0.2) is 14.4 Å². The quantitative estimate of drug-likeness (QED) is 0.748. The third kappa shape index (κ3) is 5.14. The summed E-state index contributed by atoms with van der Waals surface area (Å²) in [6.45, 7) is 5.64. The number of nitrogens with one attached hydrogen (secondary N) is 1. The van der Waals surface area contributed by atoms with Crippen molar-refractivity contribution in [2.24, 2.45) is 5.92 Å². The Morgan fingerprint density at radius 1 is 1.06 bits per heavy atom. The first-order valence-corrected chi connectivity index (χ1v) is 11.5. The van der Waals surface area contributed by atoms with Crippen molar-refractivity contribution in [3.8, 4) is 0 Å². The van der Waals surface area contributed by atoms with E-state index < -0.39 is 0 Å². The summed E-state index contributed by atoms with van der Waals surface area (Å²) in [6, 6.07) is 6.08. The molecule has 1 N–H and O–H groups in total. The van der Waals surface area contributed by atoms with E-state index in [9.17, 15) is 14.0 Å². The number of likely N-dealkylation sites (tertiary alicyclic amines) is 1. The minimum Gasteiger partial charge on any atom is -0.352 e. The van der Waals surface area contributed by atoms with Crippen molar-refractivity contribution >= 4 is 11.8 Å². The summed E-state index contributed by atoms with van der Waals surface area (Å²) in [5.74, 6) is 1.01. The number of amides is 2. The number of aryl methyl sites for hydroxylation is 2. The number of nitrogens with zero attached hydrogens (tertiary/aromatic N) is 3. The van der Waals surface area contributed by atoms with Crippen molar-refractivity contribution in [3.05, 3.63) is 58.4 Å². The van der Waals surface area contributed by atoms with E-state index in [1.165, 1.54) is 12.1 Å². The van der Waals surface area contributed by atoms with Crippen LogP contribution >= 0.6 is 0 Å². The minimum absolute atomic E-state index is 0.119. The Kier molecular flexibility index (Phi) is 6.82. The molecule has 4 rings (SSSR count). The fourth-order valence-corrected chi connectivity index (χ4v) is 4.83. The van der Waals surface area contributed by atoms with Gasteiger partial charge in [0.15, 0.2) is 0 Å². The summed E-state index contributed by atoms with van der Waals surface area (Å²) < 4.78 is 13.0. The van der Waals surface area contributed by atoms with E-state index in [1.54, 1.807) is 12.1 Å². The maximum absolute atomic E-state index is 13.0. The maximum atomic E-state index is 13.0. The smallest absolute Gasteiger partial charge is 0.225 e. The van der Waals surface area contributed by atoms with Gasteiger partial charge in [-0.1, -0.05) is 25.0 Å². The van der Waals surface area contributed by atoms with Crippen LogP contribution in [0.2, 0.25) is 0 Å². The molecule has 1 saturated heterocycles. The van der Waals surface area contributed by atoms with Gasteiger partial charge >= 0.3 is 0 Å². The number of carbonyl (C=O) groups excluding carboxylic acids is 2. The van der Waals surface area contributed by atoms with E-state index in [1.807, 2.05) is 18.7 Å². The second-order valence-electron chi connectivity index (χ2n) is 9.06. The maximum Gasteiger partial charge on any atom is 0.225 e. The molecule has 32 heavy (non-hydrogen) atoms. The van der Waals surface area contributed by atoms with Crippen molar-refractivity contribution in [3.63, 3.8) is 0 Å². The molecule has 2 aromatic rings. The molecular weight excluding hydrogens is 407 g/mol. The number of carbonyl (C=O) groups is 2. The van der Waals surface area contributed by atoms with Crippen LogP contribution in [0.25, 0.3) is 0 Å². The third-order valence-corrected chi connectivity index (χ3v) is 6.75. The third-order valence-electron chi connectivity index (χ3n) is 6.75. The van der Waals surface area contributed by atoms with Gasteiger partial charge in [0, 0.05) is 48.4 Å². The Bertz CT molecular complexity index is 963. The Balaban J connectivity index is 1.36. The average Bonchev–Trinajstić information content (AvgIpc) is 3.48. The highest BCUT2D eigenvalue weighted by molar-refractivity contribution is 5.80. The first-order valence-electron chi connectivity index (χ1n) is 11.5. The van der Waals surface area contributed by atoms with Gasteiger partial charge < -0.3 is 10.2 Å². The standard InChI is InChI=1S/C25H31FN4O2/c1-16-22(13-23(31)27-14-18-7-9-21(26)10-8-18)17(2)29-24(28-16)20-11-12-30(15-20)25(32)19-5-3-4-6-19/h7-10,19-20H,3-6,11-15H2,1-2H3,(H,27,31)/t20-/m1/s1. The predicted octanol–water partition coefficient (Wildman–Crippen LogP) is 3.60. The zero-order chi connectivity index (χ0) is 22.7. The highest BCUT2D eigenvalue weighted by atomic mass is 19.1. The Morgan fingerprint density at radius 3 is 2.38 bits per heavy atom. The lowest BCUT2D eigenvalue weighted by Gasteiger charge is -2.20. The van der Waals surface area contributed by atoms with Crippen LogP contribution in [-0.2, 0) is 22.6 Å². The number of halogens is 1. The van der Waals surface area contributed by atoms with Gasteiger partial charge in [0.25, 0.3) is 0 Å². The molecule has 0 spiro atoms. The van der Waals surface area contributed by atoms with Crippen molar-refractivity contribution < 1.29 is 14.0 Å². The van der Waals surface area contributed by atoms with Crippen LogP contribution in [0.1, 0.15) is 66.4 Å². The van der Waals surface area contributed by atoms with Crippen LogP contribution in [0, 0.1) is 25.6 Å². The highest BCUT2D eigenvalue weighted by Crippen LogP contribution is 2.31. The topological polar surface area (TPSA) is 75.2 Å². The van der Waals surface area contributed by atoms with Gasteiger partial charge in [0.2, 0.25) is 11.8 Å². The second-order valence-corrected chi connectivity index (χ2v) is 9.06. The van der Waals surface area contributed by atoms with Crippen LogP contribution in [0.5, 0.6) is 0 Å². The monoisotopic (exact) mass is 438 g/mol. The van der Waals surface area contributed by atoms with Crippen LogP contribution in [0.3, 0.4) is 0 Å². The fraction of sp³-hybridized carbons (Fsp3) is 0.520. The molecule has 0 bridgehead atoms. The van der Waals surface area contributed by atoms with Gasteiger partial charge in [0.05, 0.1) is 6.42 Å². The lowest BCUT2D eigenvalue weighted by atomic mass is 10.0. The van der Waals surface area contributed by atoms with Crippen molar-refractivity contribution in [2.45, 2.75) is 64.8 Å². The lowest BCUT2D eigenvalue weighted by Crippen LogP contribution is -2.33. The molecule has 6 nitrogen and oxygen atoms in total. The fourth-order valence-electron chi connectivity index (χ4n) is 4.83. The van der Waals surface area contributed by atoms with E-state index in [0.29, 0.717) is 19.0 Å². The summed E-state index contributed by atoms with van der Waals surface area (Å²) in [7, 11) is 0. The van der Waals surface area contributed by atoms with Gasteiger partial charge in [-0.05, 0) is 50.8 Å². The molecule has 170 valence electrons. The first-order chi connectivity index (χ1) is 15.4. The summed E-state index contributed by atoms with van der Waals surface area (Å²) in [5.41, 5.74) is 3.30. The Hall–Kier alpha value is -2.83. The molecule has 2 fully saturated rings. The Labute approximate surface area is 188 Å². The zero-order valence-corrected chi connectivity index (χ0v) is 18.9. The SMILES string of the molecule is Cc1nc([C@@H]2CCN(C(=O)C3CCCC3)C2)nc(C)c1CC(=O)NCc1ccc(F)cc1. The molecular formula is C25H31FN4O2. The van der Waals surface area contributed by atoms with Crippen molar-refractivity contribution in [1.82, 2.24) is 20.2 Å². The largest absolute Gasteiger partial charge is 0.352 e. The number of hydrogen-bond donors (Lipinski definition) is 1. The summed E-state index contributed by atoms with van der Waals surface area (Å²) in [4.78, 5) is 36.6. The van der Waals surface area contributed by atoms with E-state index in [-0.39, 0.29) is 30.0 Å². The molecule has 0 unspecified atom stereocenters. The highest BCUT2D eigenvalue weighted by Gasteiger charge is 2.34. The van der Waals surface area contributed by atoms with Gasteiger partial charge in [-0.2, -0.15) is 0 Å². The van der Waals surface area contributed by atoms with Crippen molar-refractivity contribution in [1.29, 1.82) is 0 Å². The van der Waals surface area contributed by atoms with Crippen LogP contribution in [0.15, 0.2) is 24.3 Å². The zero-order valence-electron chi connectivity index (χ0n) is 18.9. The second kappa shape index (κ2) is 9.76. The molecule has 2 heterocycles. The average molecular weight is 439 g/mol. The van der Waals surface area contributed by atoms with Crippen molar-refractivity contribution in [2.75, 3.05) is 13.1 Å². The lowest BCUT2D eigenvalue weighted by molar-refractivity contribution is -0.134. The molecule has 1 aliphatic carbocycles. The summed E-state index contributed by atoms with van der Waals surface area (Å²) in [6.07, 6.45) is 5.45. The molecule has 1 saturated carbocycles. The van der Waals surface area contributed by atoms with Gasteiger partial charge in [0.1, 0.15) is 11.6 Å². The number of benzene rings is 1. The van der Waals surface area contributed by atoms with E-state index in [4.69, 9.17) is 9.97 Å². The summed E-state index contributed by atoms with van der Waals surface area (Å²) >= 11 is 0. The molecule has 1 atom stereocenters. The van der Waals surface area contributed by atoms with Gasteiger partial charge in [-0.15, -0.1) is 0 Å². The number of aromatic nitrogens is 2. The minimum atomic E-state index is -0.295. The normalized spacial score (nSPS) is 18.8. The van der Waals surface area contributed by atoms with E-state index in [0.717, 1.165) is 67.0 Å². The molecule has 1 aromatic carbocycles. The molecule has 1 aliphatic heterocycles. The molecule has 7 heteroatoms. The van der Waals surface area contributed by atoms with Gasteiger partial charge in [-0.3, -0.25) is 9.59 Å². The number of rotatable bonds is 6. The molecule has 2 aliphatic rings. The molecule has 0 radical (unpaired) electrons. The summed E-state index contributed by atoms with van der Waals surface area (Å²) in [5, 5.41) is 2.87. The molecule has 2 amide bonds. The number of hydrogen-bond acceptors (Lipinski definition) is 4. The van der Waals surface area contributed by atoms with E-state index in [2.05, 4.69) is 5.32 Å². The Morgan fingerprint density at radius 2 is 1.72 bits per heavy atom. The first kappa shape index (κ1) is 22.4. The van der Waals surface area contributed by atoms with E-state index >= 15 is 0 Å². The van der Waals surface area contributed by atoms with Crippen LogP contribution in [0.4, 0.5) is 4.39 Å². The molecule has 1 aromatic heterocycles.